The zero-order valence-electron chi connectivity index (χ0n) is 11.4. The fourth-order valence-electron chi connectivity index (χ4n) is 2.84. The van der Waals surface area contributed by atoms with Gasteiger partial charge < -0.3 is 5.32 Å². The predicted molar refractivity (Wildman–Crippen MR) is 81.5 cm³/mol. The van der Waals surface area contributed by atoms with Crippen LogP contribution in [0.4, 0.5) is 11.4 Å². The van der Waals surface area contributed by atoms with Gasteiger partial charge in [0.1, 0.15) is 5.69 Å². The Kier molecular flexibility index (Phi) is 3.56. The Morgan fingerprint density at radius 1 is 1.45 bits per heavy atom. The van der Waals surface area contributed by atoms with Crippen LogP contribution < -0.4 is 5.32 Å². The number of aromatic nitrogens is 1. The van der Waals surface area contributed by atoms with Gasteiger partial charge in [-0.15, -0.1) is 11.3 Å². The first-order chi connectivity index (χ1) is 9.63. The standard InChI is InChI=1S/C14H17N3O2S/c1-9-16-12-6-11(15-8-10-4-2-3-5-10)13(17(18)19)7-14(12)20-9/h6-7,10,15H,2-5,8H2,1H3. The van der Waals surface area contributed by atoms with E-state index in [0.717, 1.165) is 21.8 Å². The fourth-order valence-corrected chi connectivity index (χ4v) is 3.68. The molecule has 0 aliphatic heterocycles. The molecule has 0 unspecified atom stereocenters. The van der Waals surface area contributed by atoms with Crippen molar-refractivity contribution in [1.82, 2.24) is 4.98 Å². The van der Waals surface area contributed by atoms with Crippen LogP contribution in [0.25, 0.3) is 10.2 Å². The van der Waals surface area contributed by atoms with Crippen LogP contribution in [-0.4, -0.2) is 16.5 Å². The van der Waals surface area contributed by atoms with E-state index in [1.165, 1.54) is 37.0 Å². The molecule has 0 saturated heterocycles. The molecule has 1 aromatic heterocycles. The topological polar surface area (TPSA) is 68.1 Å². The lowest BCUT2D eigenvalue weighted by atomic mass is 10.1. The van der Waals surface area contributed by atoms with Crippen molar-refractivity contribution in [3.63, 3.8) is 0 Å². The van der Waals surface area contributed by atoms with Crippen LogP contribution >= 0.6 is 11.3 Å². The number of nitro benzene ring substituents is 1. The maximum absolute atomic E-state index is 11.2. The smallest absolute Gasteiger partial charge is 0.293 e. The number of fused-ring (bicyclic) bond motifs is 1. The number of nitrogens with one attached hydrogen (secondary N) is 1. The molecule has 5 nitrogen and oxygen atoms in total. The maximum atomic E-state index is 11.2. The van der Waals surface area contributed by atoms with Gasteiger partial charge in [-0.1, -0.05) is 12.8 Å². The van der Waals surface area contributed by atoms with Gasteiger partial charge in [0.25, 0.3) is 5.69 Å². The van der Waals surface area contributed by atoms with E-state index in [-0.39, 0.29) is 10.6 Å². The Morgan fingerprint density at radius 3 is 2.90 bits per heavy atom. The minimum absolute atomic E-state index is 0.152. The molecular formula is C14H17N3O2S. The summed E-state index contributed by atoms with van der Waals surface area (Å²) < 4.78 is 0.876. The Morgan fingerprint density at radius 2 is 2.20 bits per heavy atom. The van der Waals surface area contributed by atoms with E-state index >= 15 is 0 Å². The van der Waals surface area contributed by atoms with Crippen molar-refractivity contribution in [2.24, 2.45) is 5.92 Å². The lowest BCUT2D eigenvalue weighted by Gasteiger charge is -2.11. The fraction of sp³-hybridized carbons (Fsp3) is 0.500. The summed E-state index contributed by atoms with van der Waals surface area (Å²) >= 11 is 1.49. The summed E-state index contributed by atoms with van der Waals surface area (Å²) in [6.45, 7) is 2.73. The molecule has 0 bridgehead atoms. The molecule has 20 heavy (non-hydrogen) atoms. The van der Waals surface area contributed by atoms with Gasteiger partial charge in [-0.3, -0.25) is 10.1 Å². The molecule has 0 spiro atoms. The Bertz CT molecular complexity index is 647. The lowest BCUT2D eigenvalue weighted by Crippen LogP contribution is -2.12. The molecule has 0 radical (unpaired) electrons. The van der Waals surface area contributed by atoms with Crippen molar-refractivity contribution < 1.29 is 4.92 Å². The second kappa shape index (κ2) is 5.36. The average molecular weight is 291 g/mol. The van der Waals surface area contributed by atoms with Gasteiger partial charge in [0, 0.05) is 12.6 Å². The largest absolute Gasteiger partial charge is 0.379 e. The van der Waals surface area contributed by atoms with Gasteiger partial charge in [-0.05, 0) is 31.7 Å². The van der Waals surface area contributed by atoms with E-state index in [9.17, 15) is 10.1 Å². The first-order valence-electron chi connectivity index (χ1n) is 6.93. The third-order valence-electron chi connectivity index (χ3n) is 3.87. The minimum Gasteiger partial charge on any atom is -0.379 e. The zero-order valence-corrected chi connectivity index (χ0v) is 12.2. The summed E-state index contributed by atoms with van der Waals surface area (Å²) in [5.74, 6) is 0.641. The van der Waals surface area contributed by atoms with Gasteiger partial charge >= 0.3 is 0 Å². The van der Waals surface area contributed by atoms with Crippen molar-refractivity contribution in [2.45, 2.75) is 32.6 Å². The molecule has 1 aliphatic carbocycles. The molecule has 1 aromatic carbocycles. The van der Waals surface area contributed by atoms with Gasteiger partial charge in [0.05, 0.1) is 20.1 Å². The second-order valence-electron chi connectivity index (χ2n) is 5.36. The Hall–Kier alpha value is -1.69. The minimum atomic E-state index is -0.314. The van der Waals surface area contributed by atoms with Crippen LogP contribution in [0, 0.1) is 23.0 Å². The molecular weight excluding hydrogens is 274 g/mol. The van der Waals surface area contributed by atoms with E-state index in [0.29, 0.717) is 11.6 Å². The number of hydrogen-bond acceptors (Lipinski definition) is 5. The monoisotopic (exact) mass is 291 g/mol. The lowest BCUT2D eigenvalue weighted by molar-refractivity contribution is -0.383. The summed E-state index contributed by atoms with van der Waals surface area (Å²) in [7, 11) is 0. The number of anilines is 1. The van der Waals surface area contributed by atoms with Gasteiger partial charge in [0.15, 0.2) is 0 Å². The third-order valence-corrected chi connectivity index (χ3v) is 4.80. The predicted octanol–water partition coefficient (Wildman–Crippen LogP) is 4.12. The highest BCUT2D eigenvalue weighted by Gasteiger charge is 2.19. The first-order valence-corrected chi connectivity index (χ1v) is 7.74. The molecule has 2 aromatic rings. The number of aryl methyl sites for hydroxylation is 1. The summed E-state index contributed by atoms with van der Waals surface area (Å²) in [4.78, 5) is 15.3. The van der Waals surface area contributed by atoms with Gasteiger partial charge in [-0.2, -0.15) is 0 Å². The Labute approximate surface area is 121 Å². The van der Waals surface area contributed by atoms with E-state index < -0.39 is 0 Å². The molecule has 1 fully saturated rings. The molecule has 6 heteroatoms. The van der Waals surface area contributed by atoms with Crippen LogP contribution in [-0.2, 0) is 0 Å². The van der Waals surface area contributed by atoms with E-state index in [1.807, 2.05) is 13.0 Å². The number of hydrogen-bond donors (Lipinski definition) is 1. The molecule has 1 aliphatic rings. The van der Waals surface area contributed by atoms with Crippen LogP contribution in [0.15, 0.2) is 12.1 Å². The zero-order chi connectivity index (χ0) is 14.1. The highest BCUT2D eigenvalue weighted by atomic mass is 32.1. The molecule has 1 heterocycles. The third kappa shape index (κ3) is 2.60. The average Bonchev–Trinajstić information content (AvgIpc) is 3.02. The second-order valence-corrected chi connectivity index (χ2v) is 6.59. The van der Waals surface area contributed by atoms with Crippen molar-refractivity contribution in [2.75, 3.05) is 11.9 Å². The number of benzene rings is 1. The number of nitrogens with zero attached hydrogens (tertiary/aromatic N) is 2. The summed E-state index contributed by atoms with van der Waals surface area (Å²) in [6, 6.07) is 3.45. The quantitative estimate of drug-likeness (QED) is 0.679. The van der Waals surface area contributed by atoms with Gasteiger partial charge in [-0.25, -0.2) is 4.98 Å². The van der Waals surface area contributed by atoms with Crippen LogP contribution in [0.2, 0.25) is 0 Å². The van der Waals surface area contributed by atoms with Crippen molar-refractivity contribution in [3.05, 3.63) is 27.3 Å². The highest BCUT2D eigenvalue weighted by molar-refractivity contribution is 7.18. The van der Waals surface area contributed by atoms with Crippen LogP contribution in [0.5, 0.6) is 0 Å². The van der Waals surface area contributed by atoms with Gasteiger partial charge in [0.2, 0.25) is 0 Å². The van der Waals surface area contributed by atoms with E-state index in [4.69, 9.17) is 0 Å². The summed E-state index contributed by atoms with van der Waals surface area (Å²) in [5.41, 5.74) is 1.59. The van der Waals surface area contributed by atoms with Crippen molar-refractivity contribution >= 4 is 32.9 Å². The molecule has 1 N–H and O–H groups in total. The SMILES string of the molecule is Cc1nc2cc(NCC3CCCC3)c([N+](=O)[O-])cc2s1. The van der Waals surface area contributed by atoms with Crippen molar-refractivity contribution in [3.8, 4) is 0 Å². The molecule has 3 rings (SSSR count). The first kappa shape index (κ1) is 13.3. The number of thiazole rings is 1. The van der Waals surface area contributed by atoms with Crippen LogP contribution in [0.1, 0.15) is 30.7 Å². The normalized spacial score (nSPS) is 15.8. The van der Waals surface area contributed by atoms with E-state index in [1.54, 1.807) is 6.07 Å². The van der Waals surface area contributed by atoms with Crippen LogP contribution in [0.3, 0.4) is 0 Å². The van der Waals surface area contributed by atoms with E-state index in [2.05, 4.69) is 10.3 Å². The molecule has 106 valence electrons. The molecule has 0 amide bonds. The Balaban J connectivity index is 1.89. The number of nitro groups is 1. The molecule has 1 saturated carbocycles. The summed E-state index contributed by atoms with van der Waals surface area (Å²) in [6.07, 6.45) is 5.00. The number of rotatable bonds is 4. The summed E-state index contributed by atoms with van der Waals surface area (Å²) in [5, 5.41) is 15.4. The highest BCUT2D eigenvalue weighted by Crippen LogP contribution is 2.34. The van der Waals surface area contributed by atoms with Crippen molar-refractivity contribution in [1.29, 1.82) is 0 Å². The molecule has 0 atom stereocenters. The maximum Gasteiger partial charge on any atom is 0.293 e.